The topological polar surface area (TPSA) is 58.2 Å². The fraction of sp³-hybridized carbons (Fsp3) is 0.0526. The molecule has 0 aliphatic carbocycles. The van der Waals surface area contributed by atoms with Crippen molar-refractivity contribution >= 4 is 34.5 Å². The summed E-state index contributed by atoms with van der Waals surface area (Å²) in [6.45, 7) is 1.46. The van der Waals surface area contributed by atoms with Crippen LogP contribution in [0.1, 0.15) is 16.6 Å². The molecule has 0 bridgehead atoms. The quantitative estimate of drug-likeness (QED) is 0.730. The molecule has 4 nitrogen and oxygen atoms in total. The van der Waals surface area contributed by atoms with Gasteiger partial charge in [-0.3, -0.25) is 9.59 Å². The fourth-order valence-corrected chi connectivity index (χ4v) is 3.17. The summed E-state index contributed by atoms with van der Waals surface area (Å²) in [5.41, 5.74) is 3.32. The second kappa shape index (κ2) is 7.10. The minimum absolute atomic E-state index is 0.127. The normalized spacial score (nSPS) is 10.2. The average molecular weight is 336 g/mol. The maximum Gasteiger partial charge on any atom is 0.266 e. The number of carbonyl (C=O) groups is 2. The molecule has 1 heterocycles. The minimum Gasteiger partial charge on any atom is -0.326 e. The Bertz CT molecular complexity index is 855. The van der Waals surface area contributed by atoms with Crippen LogP contribution in [0.2, 0.25) is 0 Å². The van der Waals surface area contributed by atoms with Crippen LogP contribution in [0, 0.1) is 0 Å². The molecule has 2 amide bonds. The van der Waals surface area contributed by atoms with Crippen molar-refractivity contribution in [1.29, 1.82) is 0 Å². The van der Waals surface area contributed by atoms with Crippen LogP contribution in [-0.4, -0.2) is 11.8 Å². The van der Waals surface area contributed by atoms with Gasteiger partial charge in [-0.2, -0.15) is 0 Å². The molecule has 3 rings (SSSR count). The van der Waals surface area contributed by atoms with E-state index in [4.69, 9.17) is 0 Å². The van der Waals surface area contributed by atoms with Crippen molar-refractivity contribution in [2.75, 3.05) is 10.6 Å². The van der Waals surface area contributed by atoms with Crippen LogP contribution >= 0.6 is 11.3 Å². The molecule has 1 aromatic heterocycles. The number of hydrogen-bond donors (Lipinski definition) is 2. The highest BCUT2D eigenvalue weighted by atomic mass is 32.1. The summed E-state index contributed by atoms with van der Waals surface area (Å²) >= 11 is 1.41. The second-order valence-electron chi connectivity index (χ2n) is 5.24. The molecule has 0 aliphatic heterocycles. The Balaban J connectivity index is 1.76. The van der Waals surface area contributed by atoms with Crippen molar-refractivity contribution in [3.63, 3.8) is 0 Å². The number of nitrogens with one attached hydrogen (secondary N) is 2. The lowest BCUT2D eigenvalue weighted by Gasteiger charge is -2.08. The van der Waals surface area contributed by atoms with Gasteiger partial charge in [-0.05, 0) is 41.3 Å². The van der Waals surface area contributed by atoms with Crippen molar-refractivity contribution in [3.8, 4) is 11.1 Å². The summed E-state index contributed by atoms with van der Waals surface area (Å²) in [5, 5.41) is 7.50. The Kier molecular flexibility index (Phi) is 4.72. The number of benzene rings is 2. The van der Waals surface area contributed by atoms with Crippen molar-refractivity contribution in [1.82, 2.24) is 0 Å². The van der Waals surface area contributed by atoms with E-state index in [0.29, 0.717) is 16.3 Å². The molecule has 0 saturated carbocycles. The maximum atomic E-state index is 12.6. The number of thiophene rings is 1. The first-order chi connectivity index (χ1) is 11.6. The molecule has 2 N–H and O–H groups in total. The van der Waals surface area contributed by atoms with Crippen LogP contribution in [0.25, 0.3) is 11.1 Å². The first kappa shape index (κ1) is 16.0. The van der Waals surface area contributed by atoms with Gasteiger partial charge in [0.25, 0.3) is 5.91 Å². The van der Waals surface area contributed by atoms with Crippen molar-refractivity contribution in [2.24, 2.45) is 0 Å². The zero-order chi connectivity index (χ0) is 16.9. The first-order valence-electron chi connectivity index (χ1n) is 7.45. The smallest absolute Gasteiger partial charge is 0.266 e. The highest BCUT2D eigenvalue weighted by molar-refractivity contribution is 7.12. The van der Waals surface area contributed by atoms with Gasteiger partial charge in [0, 0.05) is 23.9 Å². The van der Waals surface area contributed by atoms with E-state index in [0.717, 1.165) is 11.1 Å². The van der Waals surface area contributed by atoms with Gasteiger partial charge in [0.15, 0.2) is 0 Å². The lowest BCUT2D eigenvalue weighted by molar-refractivity contribution is -0.114. The monoisotopic (exact) mass is 336 g/mol. The molecule has 0 fully saturated rings. The number of anilines is 2. The first-order valence-corrected chi connectivity index (χ1v) is 8.33. The molecule has 24 heavy (non-hydrogen) atoms. The predicted molar refractivity (Wildman–Crippen MR) is 98.5 cm³/mol. The lowest BCUT2D eigenvalue weighted by Crippen LogP contribution is -2.11. The molecule has 120 valence electrons. The average Bonchev–Trinajstić information content (AvgIpc) is 3.07. The largest absolute Gasteiger partial charge is 0.326 e. The Hall–Kier alpha value is -2.92. The Morgan fingerprint density at radius 1 is 0.833 bits per heavy atom. The van der Waals surface area contributed by atoms with E-state index < -0.39 is 0 Å². The van der Waals surface area contributed by atoms with E-state index >= 15 is 0 Å². The van der Waals surface area contributed by atoms with Gasteiger partial charge in [0.05, 0.1) is 4.88 Å². The van der Waals surface area contributed by atoms with Crippen LogP contribution in [0.4, 0.5) is 11.4 Å². The molecule has 0 aliphatic rings. The number of rotatable bonds is 4. The van der Waals surface area contributed by atoms with Crippen molar-refractivity contribution in [3.05, 3.63) is 70.9 Å². The molecule has 0 unspecified atom stereocenters. The molecule has 0 atom stereocenters. The molecule has 0 spiro atoms. The SMILES string of the molecule is CC(=O)Nc1ccc(NC(=O)c2sccc2-c2ccccc2)cc1. The zero-order valence-electron chi connectivity index (χ0n) is 13.1. The highest BCUT2D eigenvalue weighted by Crippen LogP contribution is 2.29. The molecule has 0 radical (unpaired) electrons. The van der Waals surface area contributed by atoms with E-state index in [-0.39, 0.29) is 11.8 Å². The third-order valence-corrected chi connectivity index (χ3v) is 4.33. The molecular weight excluding hydrogens is 320 g/mol. The predicted octanol–water partition coefficient (Wildman–Crippen LogP) is 4.63. The lowest BCUT2D eigenvalue weighted by atomic mass is 10.1. The van der Waals surface area contributed by atoms with E-state index in [9.17, 15) is 9.59 Å². The Morgan fingerprint density at radius 3 is 2.08 bits per heavy atom. The number of carbonyl (C=O) groups excluding carboxylic acids is 2. The van der Waals surface area contributed by atoms with Gasteiger partial charge in [0.1, 0.15) is 0 Å². The van der Waals surface area contributed by atoms with Crippen molar-refractivity contribution < 1.29 is 9.59 Å². The standard InChI is InChI=1S/C19H16N2O2S/c1-13(22)20-15-7-9-16(10-8-15)21-19(23)18-17(11-12-24-18)14-5-3-2-4-6-14/h2-12H,1H3,(H,20,22)(H,21,23). The summed E-state index contributed by atoms with van der Waals surface area (Å²) in [7, 11) is 0. The van der Waals surface area contributed by atoms with Crippen LogP contribution in [-0.2, 0) is 4.79 Å². The van der Waals surface area contributed by atoms with Crippen LogP contribution in [0.15, 0.2) is 66.0 Å². The van der Waals surface area contributed by atoms with Crippen LogP contribution < -0.4 is 10.6 Å². The molecular formula is C19H16N2O2S. The van der Waals surface area contributed by atoms with Gasteiger partial charge >= 0.3 is 0 Å². The van der Waals surface area contributed by atoms with Gasteiger partial charge < -0.3 is 10.6 Å². The zero-order valence-corrected chi connectivity index (χ0v) is 13.9. The molecule has 0 saturated heterocycles. The minimum atomic E-state index is -0.142. The van der Waals surface area contributed by atoms with Gasteiger partial charge in [-0.15, -0.1) is 11.3 Å². The Labute approximate surface area is 144 Å². The van der Waals surface area contributed by atoms with E-state index in [1.807, 2.05) is 41.8 Å². The van der Waals surface area contributed by atoms with Gasteiger partial charge in [0.2, 0.25) is 5.91 Å². The van der Waals surface area contributed by atoms with E-state index in [2.05, 4.69) is 10.6 Å². The third-order valence-electron chi connectivity index (χ3n) is 3.42. The summed E-state index contributed by atoms with van der Waals surface area (Å²) in [5.74, 6) is -0.269. The number of amides is 2. The van der Waals surface area contributed by atoms with Gasteiger partial charge in [-0.1, -0.05) is 30.3 Å². The fourth-order valence-electron chi connectivity index (χ4n) is 2.36. The number of hydrogen-bond acceptors (Lipinski definition) is 3. The van der Waals surface area contributed by atoms with E-state index in [1.54, 1.807) is 24.3 Å². The van der Waals surface area contributed by atoms with Crippen molar-refractivity contribution in [2.45, 2.75) is 6.92 Å². The van der Waals surface area contributed by atoms with E-state index in [1.165, 1.54) is 18.3 Å². The Morgan fingerprint density at radius 2 is 1.46 bits per heavy atom. The maximum absolute atomic E-state index is 12.6. The second-order valence-corrected chi connectivity index (χ2v) is 6.16. The summed E-state index contributed by atoms with van der Waals surface area (Å²) in [6.07, 6.45) is 0. The van der Waals surface area contributed by atoms with Crippen LogP contribution in [0.3, 0.4) is 0 Å². The molecule has 5 heteroatoms. The summed E-state index contributed by atoms with van der Waals surface area (Å²) < 4.78 is 0. The molecule has 3 aromatic rings. The summed E-state index contributed by atoms with van der Waals surface area (Å²) in [4.78, 5) is 24.3. The highest BCUT2D eigenvalue weighted by Gasteiger charge is 2.14. The third kappa shape index (κ3) is 3.70. The summed E-state index contributed by atoms with van der Waals surface area (Å²) in [6, 6.07) is 18.8. The molecule has 2 aromatic carbocycles. The van der Waals surface area contributed by atoms with Gasteiger partial charge in [-0.25, -0.2) is 0 Å². The van der Waals surface area contributed by atoms with Crippen LogP contribution in [0.5, 0.6) is 0 Å².